The molecular weight excluding hydrogens is 292 g/mol. The zero-order chi connectivity index (χ0) is 16.7. The second-order valence-electron chi connectivity index (χ2n) is 5.06. The van der Waals surface area contributed by atoms with Crippen LogP contribution in [-0.2, 0) is 0 Å². The Morgan fingerprint density at radius 3 is 2.17 bits per heavy atom. The van der Waals surface area contributed by atoms with E-state index >= 15 is 0 Å². The Balaban J connectivity index is 2.36. The first-order chi connectivity index (χ1) is 11.2. The predicted octanol–water partition coefficient (Wildman–Crippen LogP) is 3.14. The molecular formula is C18H24N2O3. The van der Waals surface area contributed by atoms with Gasteiger partial charge in [-0.25, -0.2) is 0 Å². The fraction of sp³-hybridized carbons (Fsp3) is 0.333. The van der Waals surface area contributed by atoms with E-state index in [2.05, 4.69) is 17.4 Å². The van der Waals surface area contributed by atoms with Gasteiger partial charge in [-0.3, -0.25) is 0 Å². The topological polar surface area (TPSA) is 65.7 Å². The number of nitrogens with two attached hydrogens (primary N) is 1. The quantitative estimate of drug-likeness (QED) is 0.732. The maximum Gasteiger partial charge on any atom is 0.203 e. The predicted molar refractivity (Wildman–Crippen MR) is 93.7 cm³/mol. The molecule has 0 spiro atoms. The van der Waals surface area contributed by atoms with Crippen LogP contribution >= 0.6 is 0 Å². The van der Waals surface area contributed by atoms with Gasteiger partial charge >= 0.3 is 0 Å². The Morgan fingerprint density at radius 2 is 1.61 bits per heavy atom. The first kappa shape index (κ1) is 17.0. The van der Waals surface area contributed by atoms with Crippen molar-refractivity contribution in [2.24, 2.45) is 5.73 Å². The third kappa shape index (κ3) is 4.07. The van der Waals surface area contributed by atoms with E-state index < -0.39 is 0 Å². The van der Waals surface area contributed by atoms with Gasteiger partial charge in [0.1, 0.15) is 0 Å². The summed E-state index contributed by atoms with van der Waals surface area (Å²) in [7, 11) is 4.83. The van der Waals surface area contributed by atoms with Crippen LogP contribution in [0.25, 0.3) is 11.1 Å². The summed E-state index contributed by atoms with van der Waals surface area (Å²) in [6, 6.07) is 12.1. The lowest BCUT2D eigenvalue weighted by molar-refractivity contribution is 0.324. The number of ether oxygens (including phenoxy) is 3. The van der Waals surface area contributed by atoms with Crippen LogP contribution in [0.15, 0.2) is 36.4 Å². The molecule has 2 aromatic rings. The molecule has 0 atom stereocenters. The highest BCUT2D eigenvalue weighted by Crippen LogP contribution is 2.41. The number of hydrogen-bond acceptors (Lipinski definition) is 5. The molecule has 0 radical (unpaired) electrons. The van der Waals surface area contributed by atoms with Crippen LogP contribution in [0.4, 0.5) is 5.69 Å². The zero-order valence-corrected chi connectivity index (χ0v) is 13.9. The fourth-order valence-electron chi connectivity index (χ4n) is 2.39. The van der Waals surface area contributed by atoms with Crippen molar-refractivity contribution >= 4 is 5.69 Å². The molecule has 23 heavy (non-hydrogen) atoms. The van der Waals surface area contributed by atoms with Crippen molar-refractivity contribution < 1.29 is 14.2 Å². The Bertz CT molecular complexity index is 619. The van der Waals surface area contributed by atoms with E-state index in [1.807, 2.05) is 24.3 Å². The molecule has 2 aromatic carbocycles. The van der Waals surface area contributed by atoms with Crippen LogP contribution in [0.5, 0.6) is 17.2 Å². The highest BCUT2D eigenvalue weighted by atomic mass is 16.5. The molecule has 0 saturated carbocycles. The van der Waals surface area contributed by atoms with Gasteiger partial charge in [0, 0.05) is 12.2 Å². The SMILES string of the molecule is COc1cc(-c2cccc(NCCCN)c2)cc(OC)c1OC. The average Bonchev–Trinajstić information content (AvgIpc) is 2.60. The Labute approximate surface area is 137 Å². The molecule has 0 fully saturated rings. The normalized spacial score (nSPS) is 10.3. The zero-order valence-electron chi connectivity index (χ0n) is 13.9. The van der Waals surface area contributed by atoms with Gasteiger partial charge in [-0.2, -0.15) is 0 Å². The minimum Gasteiger partial charge on any atom is -0.493 e. The smallest absolute Gasteiger partial charge is 0.203 e. The van der Waals surface area contributed by atoms with Crippen molar-refractivity contribution in [3.63, 3.8) is 0 Å². The van der Waals surface area contributed by atoms with Crippen LogP contribution < -0.4 is 25.3 Å². The molecule has 2 rings (SSSR count). The summed E-state index contributed by atoms with van der Waals surface area (Å²) in [6.07, 6.45) is 0.939. The molecule has 0 amide bonds. The lowest BCUT2D eigenvalue weighted by Crippen LogP contribution is -2.08. The number of methoxy groups -OCH3 is 3. The van der Waals surface area contributed by atoms with Crippen molar-refractivity contribution in [1.82, 2.24) is 0 Å². The maximum atomic E-state index is 5.53. The maximum absolute atomic E-state index is 5.53. The monoisotopic (exact) mass is 316 g/mol. The van der Waals surface area contributed by atoms with Gasteiger partial charge < -0.3 is 25.3 Å². The van der Waals surface area contributed by atoms with Gasteiger partial charge in [-0.1, -0.05) is 12.1 Å². The van der Waals surface area contributed by atoms with E-state index in [0.717, 1.165) is 29.8 Å². The van der Waals surface area contributed by atoms with Gasteiger partial charge in [-0.15, -0.1) is 0 Å². The first-order valence-corrected chi connectivity index (χ1v) is 7.57. The van der Waals surface area contributed by atoms with Crippen LogP contribution in [0.3, 0.4) is 0 Å². The fourth-order valence-corrected chi connectivity index (χ4v) is 2.39. The molecule has 0 aliphatic heterocycles. The van der Waals surface area contributed by atoms with E-state index in [4.69, 9.17) is 19.9 Å². The van der Waals surface area contributed by atoms with E-state index in [-0.39, 0.29) is 0 Å². The highest BCUT2D eigenvalue weighted by molar-refractivity contribution is 5.73. The van der Waals surface area contributed by atoms with Crippen LogP contribution in [-0.4, -0.2) is 34.4 Å². The molecule has 0 aliphatic carbocycles. The van der Waals surface area contributed by atoms with Crippen LogP contribution in [0.1, 0.15) is 6.42 Å². The van der Waals surface area contributed by atoms with Gasteiger partial charge in [0.05, 0.1) is 21.3 Å². The molecule has 5 heteroatoms. The van der Waals surface area contributed by atoms with E-state index in [1.165, 1.54) is 0 Å². The largest absolute Gasteiger partial charge is 0.493 e. The minimum atomic E-state index is 0.593. The molecule has 0 bridgehead atoms. The van der Waals surface area contributed by atoms with Gasteiger partial charge in [0.15, 0.2) is 11.5 Å². The number of hydrogen-bond donors (Lipinski definition) is 2. The third-order valence-corrected chi connectivity index (χ3v) is 3.57. The molecule has 0 saturated heterocycles. The lowest BCUT2D eigenvalue weighted by atomic mass is 10.0. The van der Waals surface area contributed by atoms with Crippen molar-refractivity contribution in [2.75, 3.05) is 39.7 Å². The number of anilines is 1. The van der Waals surface area contributed by atoms with Gasteiger partial charge in [0.2, 0.25) is 5.75 Å². The molecule has 0 heterocycles. The first-order valence-electron chi connectivity index (χ1n) is 7.57. The third-order valence-electron chi connectivity index (χ3n) is 3.57. The van der Waals surface area contributed by atoms with Crippen molar-refractivity contribution in [2.45, 2.75) is 6.42 Å². The minimum absolute atomic E-state index is 0.593. The van der Waals surface area contributed by atoms with Crippen LogP contribution in [0.2, 0.25) is 0 Å². The second-order valence-corrected chi connectivity index (χ2v) is 5.06. The van der Waals surface area contributed by atoms with Gasteiger partial charge in [-0.05, 0) is 48.4 Å². The molecule has 0 aliphatic rings. The van der Waals surface area contributed by atoms with E-state index in [9.17, 15) is 0 Å². The standard InChI is InChI=1S/C18H24N2O3/c1-21-16-11-14(12-17(22-2)18(16)23-3)13-6-4-7-15(10-13)20-9-5-8-19/h4,6-7,10-12,20H,5,8-9,19H2,1-3H3. The summed E-state index contributed by atoms with van der Waals surface area (Å²) in [5.74, 6) is 1.88. The summed E-state index contributed by atoms with van der Waals surface area (Å²) < 4.78 is 16.2. The molecule has 0 unspecified atom stereocenters. The van der Waals surface area contributed by atoms with Crippen molar-refractivity contribution in [3.8, 4) is 28.4 Å². The summed E-state index contributed by atoms with van der Waals surface area (Å²) in [5, 5.41) is 3.37. The highest BCUT2D eigenvalue weighted by Gasteiger charge is 2.14. The molecule has 0 aromatic heterocycles. The number of nitrogens with one attached hydrogen (secondary N) is 1. The lowest BCUT2D eigenvalue weighted by Gasteiger charge is -2.15. The summed E-state index contributed by atoms with van der Waals surface area (Å²) in [5.41, 5.74) is 8.66. The van der Waals surface area contributed by atoms with E-state index in [1.54, 1.807) is 21.3 Å². The molecule has 124 valence electrons. The Morgan fingerprint density at radius 1 is 0.913 bits per heavy atom. The molecule has 5 nitrogen and oxygen atoms in total. The number of benzene rings is 2. The Hall–Kier alpha value is -2.40. The van der Waals surface area contributed by atoms with Crippen LogP contribution in [0, 0.1) is 0 Å². The number of rotatable bonds is 8. The van der Waals surface area contributed by atoms with Gasteiger partial charge in [0.25, 0.3) is 0 Å². The second kappa shape index (κ2) is 8.29. The molecule has 3 N–H and O–H groups in total. The summed E-state index contributed by atoms with van der Waals surface area (Å²) in [6.45, 7) is 1.54. The summed E-state index contributed by atoms with van der Waals surface area (Å²) >= 11 is 0. The van der Waals surface area contributed by atoms with Crippen molar-refractivity contribution in [3.05, 3.63) is 36.4 Å². The summed E-state index contributed by atoms with van der Waals surface area (Å²) in [4.78, 5) is 0. The average molecular weight is 316 g/mol. The Kier molecular flexibility index (Phi) is 6.11. The van der Waals surface area contributed by atoms with Crippen molar-refractivity contribution in [1.29, 1.82) is 0 Å². The van der Waals surface area contributed by atoms with E-state index in [0.29, 0.717) is 23.8 Å².